The van der Waals surface area contributed by atoms with Crippen LogP contribution in [0.25, 0.3) is 0 Å². The van der Waals surface area contributed by atoms with Gasteiger partial charge in [-0.25, -0.2) is 0 Å². The molecular formula is C15H17NO5. The number of methoxy groups -OCH3 is 2. The molecular weight excluding hydrogens is 274 g/mol. The van der Waals surface area contributed by atoms with Crippen LogP contribution in [-0.2, 0) is 16.0 Å². The Morgan fingerprint density at radius 2 is 1.95 bits per heavy atom. The maximum absolute atomic E-state index is 12.1. The Hall–Kier alpha value is -2.68. The third kappa shape index (κ3) is 4.73. The second kappa shape index (κ2) is 7.80. The molecule has 0 saturated carbocycles. The zero-order valence-corrected chi connectivity index (χ0v) is 12.0. The van der Waals surface area contributed by atoms with Crippen LogP contribution < -0.4 is 9.47 Å². The molecule has 0 saturated heterocycles. The number of rotatable bonds is 7. The normalized spacial score (nSPS) is 9.57. The third-order valence-corrected chi connectivity index (χ3v) is 2.76. The molecule has 6 nitrogen and oxygen atoms in total. The number of amides is 1. The van der Waals surface area contributed by atoms with Gasteiger partial charge in [0.2, 0.25) is 5.91 Å². The van der Waals surface area contributed by atoms with Crippen molar-refractivity contribution in [1.29, 1.82) is 0 Å². The predicted molar refractivity (Wildman–Crippen MR) is 76.3 cm³/mol. The number of hydrogen-bond donors (Lipinski definition) is 1. The highest BCUT2D eigenvalue weighted by Crippen LogP contribution is 2.27. The van der Waals surface area contributed by atoms with Crippen LogP contribution in [0.4, 0.5) is 0 Å². The van der Waals surface area contributed by atoms with Gasteiger partial charge in [-0.2, -0.15) is 0 Å². The SMILES string of the molecule is C#CCN(CC(=O)O)C(=O)Cc1ccc(OC)c(OC)c1. The van der Waals surface area contributed by atoms with Crippen molar-refractivity contribution >= 4 is 11.9 Å². The maximum atomic E-state index is 12.1. The van der Waals surface area contributed by atoms with E-state index >= 15 is 0 Å². The molecule has 0 aliphatic heterocycles. The Bertz CT molecular complexity index is 562. The molecule has 0 unspecified atom stereocenters. The van der Waals surface area contributed by atoms with E-state index in [4.69, 9.17) is 21.0 Å². The van der Waals surface area contributed by atoms with Crippen molar-refractivity contribution in [2.24, 2.45) is 0 Å². The smallest absolute Gasteiger partial charge is 0.323 e. The number of ether oxygens (including phenoxy) is 2. The largest absolute Gasteiger partial charge is 0.493 e. The van der Waals surface area contributed by atoms with Crippen LogP contribution in [0.3, 0.4) is 0 Å². The highest BCUT2D eigenvalue weighted by atomic mass is 16.5. The molecule has 0 aliphatic carbocycles. The highest BCUT2D eigenvalue weighted by Gasteiger charge is 2.17. The van der Waals surface area contributed by atoms with E-state index in [2.05, 4.69) is 5.92 Å². The second-order valence-corrected chi connectivity index (χ2v) is 4.21. The number of terminal acetylenes is 1. The number of benzene rings is 1. The van der Waals surface area contributed by atoms with Gasteiger partial charge in [-0.1, -0.05) is 12.0 Å². The van der Waals surface area contributed by atoms with Gasteiger partial charge in [0.05, 0.1) is 27.2 Å². The van der Waals surface area contributed by atoms with Crippen LogP contribution in [0.1, 0.15) is 5.56 Å². The number of carboxylic acid groups (broad SMARTS) is 1. The van der Waals surface area contributed by atoms with Crippen molar-refractivity contribution in [3.8, 4) is 23.8 Å². The summed E-state index contributed by atoms with van der Waals surface area (Å²) >= 11 is 0. The first-order valence-electron chi connectivity index (χ1n) is 6.15. The lowest BCUT2D eigenvalue weighted by atomic mass is 10.1. The summed E-state index contributed by atoms with van der Waals surface area (Å²) in [6.45, 7) is -0.464. The number of aliphatic carboxylic acids is 1. The molecule has 112 valence electrons. The fourth-order valence-corrected chi connectivity index (χ4v) is 1.78. The third-order valence-electron chi connectivity index (χ3n) is 2.76. The Balaban J connectivity index is 2.85. The lowest BCUT2D eigenvalue weighted by Crippen LogP contribution is -2.36. The summed E-state index contributed by atoms with van der Waals surface area (Å²) in [5, 5.41) is 8.78. The van der Waals surface area contributed by atoms with Crippen LogP contribution in [0.5, 0.6) is 11.5 Å². The number of carbonyl (C=O) groups excluding carboxylic acids is 1. The van der Waals surface area contributed by atoms with Gasteiger partial charge in [-0.15, -0.1) is 6.42 Å². The van der Waals surface area contributed by atoms with Crippen LogP contribution in [0.2, 0.25) is 0 Å². The van der Waals surface area contributed by atoms with E-state index in [1.54, 1.807) is 18.2 Å². The van der Waals surface area contributed by atoms with Gasteiger partial charge >= 0.3 is 5.97 Å². The Morgan fingerprint density at radius 3 is 2.48 bits per heavy atom. The Labute approximate surface area is 123 Å². The van der Waals surface area contributed by atoms with E-state index in [9.17, 15) is 9.59 Å². The predicted octanol–water partition coefficient (Wildman–Crippen LogP) is 0.793. The zero-order chi connectivity index (χ0) is 15.8. The molecule has 0 heterocycles. The van der Waals surface area contributed by atoms with Crippen molar-refractivity contribution in [1.82, 2.24) is 4.90 Å². The monoisotopic (exact) mass is 291 g/mol. The molecule has 0 aromatic heterocycles. The molecule has 1 aromatic carbocycles. The molecule has 0 radical (unpaired) electrons. The van der Waals surface area contributed by atoms with Gasteiger partial charge in [0.1, 0.15) is 6.54 Å². The molecule has 6 heteroatoms. The van der Waals surface area contributed by atoms with Crippen LogP contribution in [0, 0.1) is 12.3 Å². The van der Waals surface area contributed by atoms with Crippen molar-refractivity contribution in [3.63, 3.8) is 0 Å². The number of hydrogen-bond acceptors (Lipinski definition) is 4. The van der Waals surface area contributed by atoms with Gasteiger partial charge in [0.25, 0.3) is 0 Å². The molecule has 21 heavy (non-hydrogen) atoms. The number of carbonyl (C=O) groups is 2. The van der Waals surface area contributed by atoms with E-state index < -0.39 is 12.5 Å². The maximum Gasteiger partial charge on any atom is 0.323 e. The first-order chi connectivity index (χ1) is 10.0. The minimum Gasteiger partial charge on any atom is -0.493 e. The summed E-state index contributed by atoms with van der Waals surface area (Å²) in [5.74, 6) is 1.87. The summed E-state index contributed by atoms with van der Waals surface area (Å²) in [5.41, 5.74) is 0.685. The highest BCUT2D eigenvalue weighted by molar-refractivity contribution is 5.83. The first kappa shape index (κ1) is 16.4. The first-order valence-corrected chi connectivity index (χ1v) is 6.15. The van der Waals surface area contributed by atoms with Gasteiger partial charge in [0.15, 0.2) is 11.5 Å². The standard InChI is InChI=1S/C15H17NO5/c1-4-7-16(10-15(18)19)14(17)9-11-5-6-12(20-2)13(8-11)21-3/h1,5-6,8H,7,9-10H2,2-3H3,(H,18,19). The van der Waals surface area contributed by atoms with Crippen molar-refractivity contribution in [2.75, 3.05) is 27.3 Å². The zero-order valence-electron chi connectivity index (χ0n) is 12.0. The number of nitrogens with zero attached hydrogens (tertiary/aromatic N) is 1. The molecule has 0 bridgehead atoms. The Morgan fingerprint density at radius 1 is 1.29 bits per heavy atom. The second-order valence-electron chi connectivity index (χ2n) is 4.21. The summed E-state index contributed by atoms with van der Waals surface area (Å²) in [6, 6.07) is 5.07. The van der Waals surface area contributed by atoms with E-state index in [-0.39, 0.29) is 18.9 Å². The summed E-state index contributed by atoms with van der Waals surface area (Å²) in [7, 11) is 3.02. The lowest BCUT2D eigenvalue weighted by Gasteiger charge is -2.18. The number of carboxylic acids is 1. The molecule has 1 amide bonds. The van der Waals surface area contributed by atoms with Crippen LogP contribution >= 0.6 is 0 Å². The molecule has 1 N–H and O–H groups in total. The summed E-state index contributed by atoms with van der Waals surface area (Å²) < 4.78 is 10.3. The average Bonchev–Trinajstić information content (AvgIpc) is 2.46. The fraction of sp³-hybridized carbons (Fsp3) is 0.333. The molecule has 0 atom stereocenters. The van der Waals surface area contributed by atoms with E-state index in [1.807, 2.05) is 0 Å². The quantitative estimate of drug-likeness (QED) is 0.752. The average molecular weight is 291 g/mol. The van der Waals surface area contributed by atoms with Crippen LogP contribution in [-0.4, -0.2) is 49.2 Å². The Kier molecular flexibility index (Phi) is 6.08. The molecule has 1 aromatic rings. The topological polar surface area (TPSA) is 76.1 Å². The minimum absolute atomic E-state index is 0.0370. The summed E-state index contributed by atoms with van der Waals surface area (Å²) in [4.78, 5) is 23.9. The molecule has 1 rings (SSSR count). The van der Waals surface area contributed by atoms with E-state index in [1.165, 1.54) is 14.2 Å². The van der Waals surface area contributed by atoms with Crippen molar-refractivity contribution < 1.29 is 24.2 Å². The van der Waals surface area contributed by atoms with Crippen molar-refractivity contribution in [3.05, 3.63) is 23.8 Å². The van der Waals surface area contributed by atoms with Crippen molar-refractivity contribution in [2.45, 2.75) is 6.42 Å². The van der Waals surface area contributed by atoms with E-state index in [0.717, 1.165) is 4.90 Å². The van der Waals surface area contributed by atoms with Gasteiger partial charge in [0, 0.05) is 0 Å². The fourth-order valence-electron chi connectivity index (χ4n) is 1.78. The van der Waals surface area contributed by atoms with Gasteiger partial charge in [-0.3, -0.25) is 9.59 Å². The van der Waals surface area contributed by atoms with Gasteiger partial charge < -0.3 is 19.5 Å². The van der Waals surface area contributed by atoms with E-state index in [0.29, 0.717) is 17.1 Å². The lowest BCUT2D eigenvalue weighted by molar-refractivity contribution is -0.143. The summed E-state index contributed by atoms with van der Waals surface area (Å²) in [6.07, 6.45) is 5.18. The van der Waals surface area contributed by atoms with Gasteiger partial charge in [-0.05, 0) is 17.7 Å². The molecule has 0 fully saturated rings. The van der Waals surface area contributed by atoms with Crippen LogP contribution in [0.15, 0.2) is 18.2 Å². The molecule has 0 aliphatic rings. The molecule has 0 spiro atoms. The minimum atomic E-state index is -1.11.